The van der Waals surface area contributed by atoms with Crippen molar-refractivity contribution in [3.63, 3.8) is 0 Å². The van der Waals surface area contributed by atoms with Gasteiger partial charge in [-0.1, -0.05) is 17.7 Å². The Kier molecular flexibility index (Phi) is 4.45. The lowest BCUT2D eigenvalue weighted by Gasteiger charge is -2.40. The highest BCUT2D eigenvalue weighted by Gasteiger charge is 2.34. The van der Waals surface area contributed by atoms with E-state index < -0.39 is 5.67 Å². The molecule has 0 bridgehead atoms. The fraction of sp³-hybridized carbons (Fsp3) is 0.647. The Bertz CT molecular complexity index is 446. The summed E-state index contributed by atoms with van der Waals surface area (Å²) < 4.78 is 14.7. The summed E-state index contributed by atoms with van der Waals surface area (Å²) in [5, 5.41) is 3.24. The number of hydrogen-bond acceptors (Lipinski definition) is 3. The molecule has 2 aliphatic rings. The molecule has 0 atom stereocenters. The Morgan fingerprint density at radius 2 is 1.67 bits per heavy atom. The molecule has 116 valence electrons. The van der Waals surface area contributed by atoms with Gasteiger partial charge in [0, 0.05) is 38.4 Å². The number of piperazine rings is 1. The number of nitrogens with one attached hydrogen (secondary N) is 1. The lowest BCUT2D eigenvalue weighted by atomic mass is 9.93. The number of alkyl halides is 1. The van der Waals surface area contributed by atoms with E-state index in [1.807, 2.05) is 0 Å². The van der Waals surface area contributed by atoms with Gasteiger partial charge < -0.3 is 10.2 Å². The van der Waals surface area contributed by atoms with Gasteiger partial charge in [0.25, 0.3) is 0 Å². The third-order valence-electron chi connectivity index (χ3n) is 4.78. The number of hydrogen-bond donors (Lipinski definition) is 1. The SMILES string of the molecule is Cc1ccc(N2CCN(CC3(F)CCNCC3)CC2)cc1. The highest BCUT2D eigenvalue weighted by Crippen LogP contribution is 2.25. The van der Waals surface area contributed by atoms with Crippen LogP contribution in [0.5, 0.6) is 0 Å². The molecule has 0 radical (unpaired) electrons. The van der Waals surface area contributed by atoms with Crippen molar-refractivity contribution in [1.82, 2.24) is 10.2 Å². The van der Waals surface area contributed by atoms with E-state index in [1.54, 1.807) is 0 Å². The second-order valence-corrected chi connectivity index (χ2v) is 6.50. The lowest BCUT2D eigenvalue weighted by Crippen LogP contribution is -2.53. The molecular weight excluding hydrogens is 265 g/mol. The van der Waals surface area contributed by atoms with Crippen LogP contribution in [0.15, 0.2) is 24.3 Å². The van der Waals surface area contributed by atoms with Crippen LogP contribution in [0, 0.1) is 6.92 Å². The van der Waals surface area contributed by atoms with Gasteiger partial charge in [-0.3, -0.25) is 4.90 Å². The van der Waals surface area contributed by atoms with Crippen molar-refractivity contribution >= 4 is 5.69 Å². The summed E-state index contributed by atoms with van der Waals surface area (Å²) in [5.41, 5.74) is 1.61. The highest BCUT2D eigenvalue weighted by molar-refractivity contribution is 5.47. The van der Waals surface area contributed by atoms with E-state index in [0.717, 1.165) is 39.3 Å². The van der Waals surface area contributed by atoms with Gasteiger partial charge in [0.05, 0.1) is 0 Å². The van der Waals surface area contributed by atoms with Gasteiger partial charge in [0.1, 0.15) is 5.67 Å². The quantitative estimate of drug-likeness (QED) is 0.921. The van der Waals surface area contributed by atoms with Crippen molar-refractivity contribution in [2.24, 2.45) is 0 Å². The molecule has 2 fully saturated rings. The summed E-state index contributed by atoms with van der Waals surface area (Å²) in [4.78, 5) is 4.71. The second kappa shape index (κ2) is 6.32. The van der Waals surface area contributed by atoms with E-state index >= 15 is 0 Å². The number of rotatable bonds is 3. The Morgan fingerprint density at radius 3 is 2.29 bits per heavy atom. The highest BCUT2D eigenvalue weighted by atomic mass is 19.1. The summed E-state index contributed by atoms with van der Waals surface area (Å²) in [7, 11) is 0. The summed E-state index contributed by atoms with van der Waals surface area (Å²) in [6.45, 7) is 8.28. The van der Waals surface area contributed by atoms with E-state index in [9.17, 15) is 4.39 Å². The summed E-state index contributed by atoms with van der Waals surface area (Å²) in [6, 6.07) is 8.70. The molecule has 2 heterocycles. The summed E-state index contributed by atoms with van der Waals surface area (Å²) in [5.74, 6) is 0. The molecule has 3 nitrogen and oxygen atoms in total. The molecule has 2 aliphatic heterocycles. The lowest BCUT2D eigenvalue weighted by molar-refractivity contribution is 0.0591. The second-order valence-electron chi connectivity index (χ2n) is 6.50. The van der Waals surface area contributed by atoms with Crippen LogP contribution in [-0.2, 0) is 0 Å². The first-order valence-electron chi connectivity index (χ1n) is 8.08. The Hall–Kier alpha value is -1.13. The third kappa shape index (κ3) is 3.74. The fourth-order valence-corrected chi connectivity index (χ4v) is 3.35. The molecule has 0 spiro atoms. The van der Waals surface area contributed by atoms with E-state index in [-0.39, 0.29) is 0 Å². The number of benzene rings is 1. The van der Waals surface area contributed by atoms with Gasteiger partial charge in [-0.15, -0.1) is 0 Å². The zero-order valence-electron chi connectivity index (χ0n) is 12.9. The molecule has 0 saturated carbocycles. The zero-order valence-corrected chi connectivity index (χ0v) is 12.9. The van der Waals surface area contributed by atoms with Gasteiger partial charge in [-0.2, -0.15) is 0 Å². The van der Waals surface area contributed by atoms with Crippen molar-refractivity contribution < 1.29 is 4.39 Å². The first-order chi connectivity index (χ1) is 10.1. The van der Waals surface area contributed by atoms with Gasteiger partial charge in [0.2, 0.25) is 0 Å². The largest absolute Gasteiger partial charge is 0.369 e. The van der Waals surface area contributed by atoms with Crippen LogP contribution < -0.4 is 10.2 Å². The van der Waals surface area contributed by atoms with Gasteiger partial charge in [-0.05, 0) is 45.0 Å². The topological polar surface area (TPSA) is 18.5 Å². The Morgan fingerprint density at radius 1 is 1.05 bits per heavy atom. The predicted molar refractivity (Wildman–Crippen MR) is 85.8 cm³/mol. The van der Waals surface area contributed by atoms with Crippen LogP contribution in [-0.4, -0.2) is 56.4 Å². The molecular formula is C17H26FN3. The smallest absolute Gasteiger partial charge is 0.126 e. The van der Waals surface area contributed by atoms with Gasteiger partial charge >= 0.3 is 0 Å². The van der Waals surface area contributed by atoms with Gasteiger partial charge in [-0.25, -0.2) is 4.39 Å². The first kappa shape index (κ1) is 14.8. The van der Waals surface area contributed by atoms with Crippen molar-refractivity contribution in [3.05, 3.63) is 29.8 Å². The number of aryl methyl sites for hydroxylation is 1. The van der Waals surface area contributed by atoms with Crippen LogP contribution >= 0.6 is 0 Å². The summed E-state index contributed by atoms with van der Waals surface area (Å²) in [6.07, 6.45) is 1.32. The molecule has 0 amide bonds. The van der Waals surface area contributed by atoms with Crippen molar-refractivity contribution in [2.45, 2.75) is 25.4 Å². The predicted octanol–water partition coefficient (Wildman–Crippen LogP) is 2.21. The number of anilines is 1. The van der Waals surface area contributed by atoms with E-state index in [1.165, 1.54) is 11.3 Å². The average Bonchev–Trinajstić information content (AvgIpc) is 2.49. The zero-order chi connectivity index (χ0) is 14.7. The van der Waals surface area contributed by atoms with E-state index in [2.05, 4.69) is 46.3 Å². The van der Waals surface area contributed by atoms with Crippen molar-refractivity contribution in [3.8, 4) is 0 Å². The number of piperidine rings is 1. The fourth-order valence-electron chi connectivity index (χ4n) is 3.35. The number of halogens is 1. The van der Waals surface area contributed by atoms with E-state index in [0.29, 0.717) is 19.4 Å². The first-order valence-corrected chi connectivity index (χ1v) is 8.08. The minimum Gasteiger partial charge on any atom is -0.369 e. The molecule has 1 N–H and O–H groups in total. The van der Waals surface area contributed by atoms with Crippen LogP contribution in [0.2, 0.25) is 0 Å². The number of nitrogens with zero attached hydrogens (tertiary/aromatic N) is 2. The Labute approximate surface area is 127 Å². The van der Waals surface area contributed by atoms with E-state index in [4.69, 9.17) is 0 Å². The Balaban J connectivity index is 1.51. The normalized spacial score (nSPS) is 23.2. The molecule has 21 heavy (non-hydrogen) atoms. The molecule has 4 heteroatoms. The van der Waals surface area contributed by atoms with Crippen LogP contribution in [0.25, 0.3) is 0 Å². The standard InChI is InChI=1S/C17H26FN3/c1-15-2-4-16(5-3-15)21-12-10-20(11-13-21)14-17(18)6-8-19-9-7-17/h2-5,19H,6-14H2,1H3. The molecule has 2 saturated heterocycles. The van der Waals surface area contributed by atoms with Crippen LogP contribution in [0.1, 0.15) is 18.4 Å². The molecule has 0 aliphatic carbocycles. The van der Waals surface area contributed by atoms with Crippen LogP contribution in [0.3, 0.4) is 0 Å². The van der Waals surface area contributed by atoms with Crippen molar-refractivity contribution in [2.75, 3.05) is 50.7 Å². The maximum Gasteiger partial charge on any atom is 0.126 e. The average molecular weight is 291 g/mol. The van der Waals surface area contributed by atoms with Crippen molar-refractivity contribution in [1.29, 1.82) is 0 Å². The minimum absolute atomic E-state index is 0.608. The maximum absolute atomic E-state index is 14.7. The maximum atomic E-state index is 14.7. The monoisotopic (exact) mass is 291 g/mol. The minimum atomic E-state index is -0.975. The third-order valence-corrected chi connectivity index (χ3v) is 4.78. The summed E-state index contributed by atoms with van der Waals surface area (Å²) >= 11 is 0. The van der Waals surface area contributed by atoms with Crippen LogP contribution in [0.4, 0.5) is 10.1 Å². The van der Waals surface area contributed by atoms with Gasteiger partial charge in [0.15, 0.2) is 0 Å². The molecule has 1 aromatic rings. The molecule has 0 aromatic heterocycles. The molecule has 0 unspecified atom stereocenters. The molecule has 3 rings (SSSR count). The molecule has 1 aromatic carbocycles.